The van der Waals surface area contributed by atoms with Gasteiger partial charge in [0, 0.05) is 18.2 Å². The maximum atomic E-state index is 11.2. The number of amides is 2. The molecule has 1 heterocycles. The number of anilines is 1. The lowest BCUT2D eigenvalue weighted by molar-refractivity contribution is -0.123. The largest absolute Gasteiger partial charge is 0.484 e. The molecule has 1 aliphatic rings. The van der Waals surface area contributed by atoms with E-state index in [4.69, 9.17) is 10.6 Å². The zero-order chi connectivity index (χ0) is 12.3. The van der Waals surface area contributed by atoms with Crippen LogP contribution in [0.25, 0.3) is 0 Å². The van der Waals surface area contributed by atoms with Gasteiger partial charge in [-0.05, 0) is 18.1 Å². The van der Waals surface area contributed by atoms with Gasteiger partial charge in [-0.2, -0.15) is 0 Å². The average molecular weight is 235 g/mol. The number of nitrogens with two attached hydrogens (primary N) is 1. The van der Waals surface area contributed by atoms with E-state index in [1.165, 1.54) is 0 Å². The molecule has 0 aliphatic carbocycles. The van der Waals surface area contributed by atoms with E-state index in [1.54, 1.807) is 12.1 Å². The van der Waals surface area contributed by atoms with E-state index in [0.717, 1.165) is 17.7 Å². The van der Waals surface area contributed by atoms with Gasteiger partial charge in [-0.3, -0.25) is 15.0 Å². The highest BCUT2D eigenvalue weighted by molar-refractivity contribution is 5.94. The van der Waals surface area contributed by atoms with Gasteiger partial charge in [-0.15, -0.1) is 0 Å². The van der Waals surface area contributed by atoms with Gasteiger partial charge in [-0.1, -0.05) is 6.07 Å². The van der Waals surface area contributed by atoms with Crippen molar-refractivity contribution in [2.45, 2.75) is 12.8 Å². The van der Waals surface area contributed by atoms with Gasteiger partial charge < -0.3 is 10.1 Å². The molecule has 0 radical (unpaired) electrons. The molecule has 0 unspecified atom stereocenters. The van der Waals surface area contributed by atoms with Gasteiger partial charge in [0.15, 0.2) is 6.61 Å². The normalized spacial score (nSPS) is 13.6. The number of fused-ring (bicyclic) bond motifs is 1. The summed E-state index contributed by atoms with van der Waals surface area (Å²) in [6, 6.07) is 5.35. The molecule has 0 saturated carbocycles. The first-order valence-electron chi connectivity index (χ1n) is 5.24. The van der Waals surface area contributed by atoms with E-state index in [1.807, 2.05) is 11.5 Å². The number of rotatable bonds is 3. The number of aryl methyl sites for hydroxylation is 1. The van der Waals surface area contributed by atoms with Crippen molar-refractivity contribution >= 4 is 17.5 Å². The summed E-state index contributed by atoms with van der Waals surface area (Å²) in [5, 5.41) is 2.76. The Hall–Kier alpha value is -2.08. The third kappa shape index (κ3) is 2.73. The molecule has 0 spiro atoms. The van der Waals surface area contributed by atoms with Crippen LogP contribution in [-0.4, -0.2) is 18.4 Å². The molecular weight excluding hydrogens is 222 g/mol. The van der Waals surface area contributed by atoms with Crippen LogP contribution in [-0.2, 0) is 16.0 Å². The third-order valence-electron chi connectivity index (χ3n) is 2.51. The summed E-state index contributed by atoms with van der Waals surface area (Å²) in [6.45, 7) is -0.150. The van der Waals surface area contributed by atoms with Gasteiger partial charge in [0.25, 0.3) is 5.91 Å². The molecule has 0 fully saturated rings. The summed E-state index contributed by atoms with van der Waals surface area (Å²) in [7, 11) is 0. The van der Waals surface area contributed by atoms with E-state index in [9.17, 15) is 9.59 Å². The first-order chi connectivity index (χ1) is 8.19. The molecule has 2 amide bonds. The van der Waals surface area contributed by atoms with Crippen molar-refractivity contribution in [1.29, 1.82) is 0 Å². The van der Waals surface area contributed by atoms with Gasteiger partial charge >= 0.3 is 0 Å². The van der Waals surface area contributed by atoms with Crippen molar-refractivity contribution in [3.63, 3.8) is 0 Å². The molecular formula is C11H13N3O3. The van der Waals surface area contributed by atoms with Crippen LogP contribution in [0.2, 0.25) is 0 Å². The van der Waals surface area contributed by atoms with Crippen LogP contribution in [0.5, 0.6) is 5.75 Å². The lowest BCUT2D eigenvalue weighted by atomic mass is 10.0. The van der Waals surface area contributed by atoms with Crippen LogP contribution < -0.4 is 21.3 Å². The highest BCUT2D eigenvalue weighted by Gasteiger charge is 2.15. The van der Waals surface area contributed by atoms with E-state index < -0.39 is 5.91 Å². The first-order valence-corrected chi connectivity index (χ1v) is 5.24. The molecule has 0 aromatic heterocycles. The summed E-state index contributed by atoms with van der Waals surface area (Å²) in [5.41, 5.74) is 3.78. The Morgan fingerprint density at radius 2 is 2.29 bits per heavy atom. The highest BCUT2D eigenvalue weighted by atomic mass is 16.5. The molecule has 90 valence electrons. The molecule has 0 saturated heterocycles. The van der Waals surface area contributed by atoms with E-state index in [-0.39, 0.29) is 12.5 Å². The quantitative estimate of drug-likeness (QED) is 0.388. The van der Waals surface area contributed by atoms with E-state index >= 15 is 0 Å². The Bertz CT molecular complexity index is 459. The maximum absolute atomic E-state index is 11.2. The molecule has 1 aliphatic heterocycles. The Balaban J connectivity index is 2.07. The van der Waals surface area contributed by atoms with Crippen molar-refractivity contribution in [2.75, 3.05) is 11.9 Å². The van der Waals surface area contributed by atoms with Crippen LogP contribution in [0.4, 0.5) is 5.69 Å². The molecule has 1 aromatic rings. The number of hydrogen-bond donors (Lipinski definition) is 3. The van der Waals surface area contributed by atoms with Crippen LogP contribution in [0.3, 0.4) is 0 Å². The number of benzene rings is 1. The SMILES string of the molecule is NNC(=O)COc1ccc2c(c1)NC(=O)CC2. The summed E-state index contributed by atoms with van der Waals surface area (Å²) in [5.74, 6) is 5.04. The van der Waals surface area contributed by atoms with Gasteiger partial charge in [0.05, 0.1) is 0 Å². The zero-order valence-electron chi connectivity index (χ0n) is 9.16. The van der Waals surface area contributed by atoms with Crippen molar-refractivity contribution in [2.24, 2.45) is 5.84 Å². The minimum Gasteiger partial charge on any atom is -0.484 e. The number of hydrazine groups is 1. The predicted octanol–water partition coefficient (Wildman–Crippen LogP) is -0.0600. The van der Waals surface area contributed by atoms with Crippen molar-refractivity contribution in [3.05, 3.63) is 23.8 Å². The smallest absolute Gasteiger partial charge is 0.271 e. The second-order valence-electron chi connectivity index (χ2n) is 3.72. The third-order valence-corrected chi connectivity index (χ3v) is 2.51. The van der Waals surface area contributed by atoms with Crippen LogP contribution in [0.1, 0.15) is 12.0 Å². The Morgan fingerprint density at radius 1 is 1.47 bits per heavy atom. The fraction of sp³-hybridized carbons (Fsp3) is 0.273. The molecule has 1 aromatic carbocycles. The first kappa shape index (κ1) is 11.4. The molecule has 0 atom stereocenters. The monoisotopic (exact) mass is 235 g/mol. The molecule has 17 heavy (non-hydrogen) atoms. The Kier molecular flexibility index (Phi) is 3.24. The second kappa shape index (κ2) is 4.84. The summed E-state index contributed by atoms with van der Waals surface area (Å²) >= 11 is 0. The zero-order valence-corrected chi connectivity index (χ0v) is 9.16. The Morgan fingerprint density at radius 3 is 3.06 bits per heavy atom. The van der Waals surface area contributed by atoms with Gasteiger partial charge in [0.2, 0.25) is 5.91 Å². The average Bonchev–Trinajstić information content (AvgIpc) is 2.35. The van der Waals surface area contributed by atoms with Crippen LogP contribution >= 0.6 is 0 Å². The number of hydrogen-bond acceptors (Lipinski definition) is 4. The number of ether oxygens (including phenoxy) is 1. The van der Waals surface area contributed by atoms with Crippen molar-refractivity contribution in [3.8, 4) is 5.75 Å². The minimum atomic E-state index is -0.410. The van der Waals surface area contributed by atoms with Gasteiger partial charge in [-0.25, -0.2) is 5.84 Å². The van der Waals surface area contributed by atoms with Crippen molar-refractivity contribution < 1.29 is 14.3 Å². The van der Waals surface area contributed by atoms with Crippen LogP contribution in [0.15, 0.2) is 18.2 Å². The molecule has 6 heteroatoms. The number of carbonyl (C=O) groups excluding carboxylic acids is 2. The fourth-order valence-electron chi connectivity index (χ4n) is 1.63. The number of carbonyl (C=O) groups is 2. The fourth-order valence-corrected chi connectivity index (χ4v) is 1.63. The molecule has 2 rings (SSSR count). The predicted molar refractivity (Wildman–Crippen MR) is 61.2 cm³/mol. The molecule has 6 nitrogen and oxygen atoms in total. The lowest BCUT2D eigenvalue weighted by Gasteiger charge is -2.17. The highest BCUT2D eigenvalue weighted by Crippen LogP contribution is 2.26. The standard InChI is InChI=1S/C11H13N3O3/c12-14-11(16)6-17-8-3-1-7-2-4-10(15)13-9(7)5-8/h1,3,5H,2,4,6,12H2,(H,13,15)(H,14,16). The minimum absolute atomic E-state index is 0.00523. The van der Waals surface area contributed by atoms with E-state index in [0.29, 0.717) is 12.2 Å². The van der Waals surface area contributed by atoms with Crippen LogP contribution in [0, 0.1) is 0 Å². The second-order valence-corrected chi connectivity index (χ2v) is 3.72. The topological polar surface area (TPSA) is 93.4 Å². The molecule has 4 N–H and O–H groups in total. The maximum Gasteiger partial charge on any atom is 0.271 e. The number of nitrogens with one attached hydrogen (secondary N) is 2. The Labute approximate surface area is 98.1 Å². The summed E-state index contributed by atoms with van der Waals surface area (Å²) in [4.78, 5) is 22.1. The van der Waals surface area contributed by atoms with Crippen molar-refractivity contribution in [1.82, 2.24) is 5.43 Å². The van der Waals surface area contributed by atoms with Gasteiger partial charge in [0.1, 0.15) is 5.75 Å². The molecule has 0 bridgehead atoms. The lowest BCUT2D eigenvalue weighted by Crippen LogP contribution is -2.34. The summed E-state index contributed by atoms with van der Waals surface area (Å²) < 4.78 is 5.22. The van der Waals surface area contributed by atoms with E-state index in [2.05, 4.69) is 5.32 Å². The summed E-state index contributed by atoms with van der Waals surface area (Å²) in [6.07, 6.45) is 1.23.